The summed E-state index contributed by atoms with van der Waals surface area (Å²) in [7, 11) is 0. The third-order valence-corrected chi connectivity index (χ3v) is 4.74. The van der Waals surface area contributed by atoms with Crippen LogP contribution in [0.15, 0.2) is 32.0 Å². The van der Waals surface area contributed by atoms with Crippen molar-refractivity contribution in [3.63, 3.8) is 0 Å². The van der Waals surface area contributed by atoms with Gasteiger partial charge < -0.3 is 0 Å². The molecule has 0 aliphatic rings. The molecule has 0 fully saturated rings. The van der Waals surface area contributed by atoms with E-state index in [2.05, 4.69) is 19.7 Å². The molecule has 0 unspecified atom stereocenters. The molecule has 0 bridgehead atoms. The minimum absolute atomic E-state index is 1.36. The fourth-order valence-electron chi connectivity index (χ4n) is 0.250. The van der Waals surface area contributed by atoms with E-state index < -0.39 is 19.8 Å². The van der Waals surface area contributed by atoms with Gasteiger partial charge in [-0.2, -0.15) is 0 Å². The zero-order valence-corrected chi connectivity index (χ0v) is 7.21. The molecule has 0 spiro atoms. The molecule has 0 aromatic heterocycles. The Hall–Kier alpha value is 0.0187. The van der Waals surface area contributed by atoms with Crippen LogP contribution in [0.4, 0.5) is 0 Å². The SMILES string of the molecule is C=[CH][Sn+]([CH]=C)[CH]=C. The third kappa shape index (κ3) is 2.68. The van der Waals surface area contributed by atoms with Gasteiger partial charge in [0.2, 0.25) is 0 Å². The molecule has 0 radical (unpaired) electrons. The fraction of sp³-hybridized carbons (Fsp3) is 0. The van der Waals surface area contributed by atoms with Gasteiger partial charge in [-0.1, -0.05) is 0 Å². The molecule has 36 valence electrons. The van der Waals surface area contributed by atoms with Crippen LogP contribution >= 0.6 is 0 Å². The molecule has 0 saturated carbocycles. The van der Waals surface area contributed by atoms with Gasteiger partial charge in [-0.15, -0.1) is 0 Å². The maximum absolute atomic E-state index is 3.65. The Bertz CT molecular complexity index is 65.2. The van der Waals surface area contributed by atoms with Gasteiger partial charge >= 0.3 is 51.8 Å². The van der Waals surface area contributed by atoms with Crippen LogP contribution in [0, 0.1) is 0 Å². The van der Waals surface area contributed by atoms with E-state index in [9.17, 15) is 0 Å². The summed E-state index contributed by atoms with van der Waals surface area (Å²) in [5.74, 6) is 0. The van der Waals surface area contributed by atoms with Crippen molar-refractivity contribution >= 4 is 19.8 Å². The molecule has 0 nitrogen and oxygen atoms in total. The summed E-state index contributed by atoms with van der Waals surface area (Å²) in [6.07, 6.45) is 0. The average molecular weight is 200 g/mol. The Morgan fingerprint density at radius 3 is 1.14 bits per heavy atom. The number of hydrogen-bond donors (Lipinski definition) is 0. The van der Waals surface area contributed by atoms with E-state index in [1.54, 1.807) is 0 Å². The van der Waals surface area contributed by atoms with E-state index in [1.807, 2.05) is 12.3 Å². The van der Waals surface area contributed by atoms with Crippen LogP contribution < -0.4 is 0 Å². The summed E-state index contributed by atoms with van der Waals surface area (Å²) in [6, 6.07) is 0. The van der Waals surface area contributed by atoms with Gasteiger partial charge in [0, 0.05) is 0 Å². The summed E-state index contributed by atoms with van der Waals surface area (Å²) in [4.78, 5) is 0. The van der Waals surface area contributed by atoms with Crippen LogP contribution in [-0.2, 0) is 0 Å². The topological polar surface area (TPSA) is 0 Å². The Kier molecular flexibility index (Phi) is 4.20. The Morgan fingerprint density at radius 1 is 0.857 bits per heavy atom. The average Bonchev–Trinajstić information content (AvgIpc) is 1.72. The molecule has 0 aromatic rings. The van der Waals surface area contributed by atoms with E-state index in [1.165, 1.54) is 0 Å². The first kappa shape index (κ1) is 7.02. The monoisotopic (exact) mass is 201 g/mol. The first-order valence-corrected chi connectivity index (χ1v) is 7.03. The molecule has 1 heteroatoms. The van der Waals surface area contributed by atoms with Gasteiger partial charge in [-0.25, -0.2) is 0 Å². The van der Waals surface area contributed by atoms with Crippen LogP contribution in [0.2, 0.25) is 0 Å². The van der Waals surface area contributed by atoms with Crippen LogP contribution in [0.5, 0.6) is 0 Å². The molecule has 0 aromatic carbocycles. The molecule has 0 atom stereocenters. The first-order chi connectivity index (χ1) is 3.35. The summed E-state index contributed by atoms with van der Waals surface area (Å²) >= 11 is -1.36. The molecular weight excluding hydrogens is 191 g/mol. The van der Waals surface area contributed by atoms with E-state index in [0.29, 0.717) is 0 Å². The molecule has 0 saturated heterocycles. The molecule has 0 aliphatic heterocycles. The zero-order chi connectivity index (χ0) is 5.70. The van der Waals surface area contributed by atoms with Crippen LogP contribution in [0.1, 0.15) is 0 Å². The predicted molar refractivity (Wildman–Crippen MR) is 36.3 cm³/mol. The predicted octanol–water partition coefficient (Wildman–Crippen LogP) is 1.66. The second kappa shape index (κ2) is 4.18. The third-order valence-electron chi connectivity index (χ3n) is 0.707. The van der Waals surface area contributed by atoms with Crippen LogP contribution in [0.3, 0.4) is 0 Å². The van der Waals surface area contributed by atoms with Crippen LogP contribution in [-0.4, -0.2) is 19.8 Å². The second-order valence-corrected chi connectivity index (χ2v) is 7.46. The zero-order valence-electron chi connectivity index (χ0n) is 4.35. The van der Waals surface area contributed by atoms with Crippen molar-refractivity contribution in [2.24, 2.45) is 0 Å². The van der Waals surface area contributed by atoms with Crippen molar-refractivity contribution in [2.75, 3.05) is 0 Å². The molecule has 0 amide bonds. The number of hydrogen-bond acceptors (Lipinski definition) is 0. The van der Waals surface area contributed by atoms with Gasteiger partial charge in [0.15, 0.2) is 0 Å². The molecular formula is C6H9Sn+. The van der Waals surface area contributed by atoms with Crippen molar-refractivity contribution in [1.82, 2.24) is 0 Å². The normalized spacial score (nSPS) is 6.86. The minimum atomic E-state index is -1.36. The van der Waals surface area contributed by atoms with Gasteiger partial charge in [-0.05, 0) is 0 Å². The van der Waals surface area contributed by atoms with Gasteiger partial charge in [0.25, 0.3) is 0 Å². The first-order valence-electron chi connectivity index (χ1n) is 2.09. The van der Waals surface area contributed by atoms with Crippen molar-refractivity contribution in [3.8, 4) is 0 Å². The molecule has 0 N–H and O–H groups in total. The van der Waals surface area contributed by atoms with Gasteiger partial charge in [0.1, 0.15) is 0 Å². The standard InChI is InChI=1S/3C2H3.Sn/c3*1-2;/h3*1H,2H2;/q;;;+1. The summed E-state index contributed by atoms with van der Waals surface area (Å²) in [5, 5.41) is 0. The Balaban J connectivity index is 3.57. The number of rotatable bonds is 3. The molecule has 0 heterocycles. The van der Waals surface area contributed by atoms with E-state index in [-0.39, 0.29) is 0 Å². The van der Waals surface area contributed by atoms with E-state index >= 15 is 0 Å². The van der Waals surface area contributed by atoms with Gasteiger partial charge in [-0.3, -0.25) is 0 Å². The van der Waals surface area contributed by atoms with Crippen LogP contribution in [0.25, 0.3) is 0 Å². The van der Waals surface area contributed by atoms with E-state index in [4.69, 9.17) is 0 Å². The maximum atomic E-state index is 3.65. The van der Waals surface area contributed by atoms with Gasteiger partial charge in [0.05, 0.1) is 0 Å². The van der Waals surface area contributed by atoms with E-state index in [0.717, 1.165) is 0 Å². The fourth-order valence-corrected chi connectivity index (χ4v) is 1.68. The summed E-state index contributed by atoms with van der Waals surface area (Å²) in [5.41, 5.74) is 0. The van der Waals surface area contributed by atoms with Crippen molar-refractivity contribution in [2.45, 2.75) is 0 Å². The van der Waals surface area contributed by atoms with Crippen molar-refractivity contribution in [3.05, 3.63) is 32.0 Å². The summed E-state index contributed by atoms with van der Waals surface area (Å²) in [6.45, 7) is 10.9. The Labute approximate surface area is 52.0 Å². The van der Waals surface area contributed by atoms with Crippen molar-refractivity contribution in [1.29, 1.82) is 0 Å². The quantitative estimate of drug-likeness (QED) is 0.607. The van der Waals surface area contributed by atoms with Crippen molar-refractivity contribution < 1.29 is 0 Å². The molecule has 7 heavy (non-hydrogen) atoms. The molecule has 0 aliphatic carbocycles. The second-order valence-electron chi connectivity index (χ2n) is 1.11. The molecule has 0 rings (SSSR count). The Morgan fingerprint density at radius 2 is 1.14 bits per heavy atom. The summed E-state index contributed by atoms with van der Waals surface area (Å²) < 4.78 is 5.96.